The van der Waals surface area contributed by atoms with Crippen molar-refractivity contribution in [2.75, 3.05) is 39.3 Å². The number of ether oxygens (including phenoxy) is 1. The number of rotatable bonds is 3. The number of hydrogen-bond acceptors (Lipinski definition) is 4. The second kappa shape index (κ2) is 8.57. The van der Waals surface area contributed by atoms with E-state index >= 15 is 0 Å². The van der Waals surface area contributed by atoms with Crippen molar-refractivity contribution >= 4 is 6.09 Å². The Morgan fingerprint density at radius 1 is 1.11 bits per heavy atom. The van der Waals surface area contributed by atoms with E-state index in [1.165, 1.54) is 10.5 Å². The SMILES string of the molecule is CC(C)(C)OC(=O)N1CC[C@H](N2CCN(Cc3ccccc3)CC2)[C@H](F)C1. The Hall–Kier alpha value is -1.66. The highest BCUT2D eigenvalue weighted by Crippen LogP contribution is 2.23. The molecule has 3 rings (SSSR count). The number of piperidine rings is 1. The van der Waals surface area contributed by atoms with Crippen molar-refractivity contribution in [1.82, 2.24) is 14.7 Å². The molecule has 0 spiro atoms. The van der Waals surface area contributed by atoms with E-state index in [4.69, 9.17) is 4.74 Å². The summed E-state index contributed by atoms with van der Waals surface area (Å²) >= 11 is 0. The van der Waals surface area contributed by atoms with Crippen LogP contribution in [0, 0.1) is 0 Å². The molecule has 2 saturated heterocycles. The minimum Gasteiger partial charge on any atom is -0.444 e. The summed E-state index contributed by atoms with van der Waals surface area (Å²) in [5.74, 6) is 0. The maximum absolute atomic E-state index is 14.8. The molecular weight excluding hydrogens is 345 g/mol. The molecule has 1 aromatic rings. The number of alkyl halides is 1. The van der Waals surface area contributed by atoms with Crippen LogP contribution in [0.5, 0.6) is 0 Å². The van der Waals surface area contributed by atoms with Crippen LogP contribution < -0.4 is 0 Å². The number of likely N-dealkylation sites (tertiary alicyclic amines) is 1. The Morgan fingerprint density at radius 2 is 1.78 bits per heavy atom. The summed E-state index contributed by atoms with van der Waals surface area (Å²) < 4.78 is 20.2. The molecule has 1 amide bonds. The number of nitrogens with zero attached hydrogens (tertiary/aromatic N) is 3. The first kappa shape index (κ1) is 20.1. The van der Waals surface area contributed by atoms with Crippen LogP contribution in [-0.2, 0) is 11.3 Å². The molecule has 0 radical (unpaired) electrons. The van der Waals surface area contributed by atoms with Gasteiger partial charge in [-0.3, -0.25) is 9.80 Å². The smallest absolute Gasteiger partial charge is 0.410 e. The lowest BCUT2D eigenvalue weighted by Gasteiger charge is -2.44. The van der Waals surface area contributed by atoms with Gasteiger partial charge >= 0.3 is 6.09 Å². The maximum atomic E-state index is 14.8. The Kier molecular flexibility index (Phi) is 6.37. The summed E-state index contributed by atoms with van der Waals surface area (Å²) in [4.78, 5) is 18.4. The molecule has 0 bridgehead atoms. The van der Waals surface area contributed by atoms with Crippen molar-refractivity contribution in [2.24, 2.45) is 0 Å². The van der Waals surface area contributed by atoms with E-state index in [1.54, 1.807) is 0 Å². The highest BCUT2D eigenvalue weighted by atomic mass is 19.1. The second-order valence-electron chi connectivity index (χ2n) is 8.60. The molecule has 6 heteroatoms. The predicted molar refractivity (Wildman–Crippen MR) is 104 cm³/mol. The largest absolute Gasteiger partial charge is 0.444 e. The molecule has 0 aromatic heterocycles. The number of hydrogen-bond donors (Lipinski definition) is 0. The van der Waals surface area contributed by atoms with Crippen LogP contribution >= 0.6 is 0 Å². The van der Waals surface area contributed by atoms with Gasteiger partial charge in [0.05, 0.1) is 6.54 Å². The number of carbonyl (C=O) groups is 1. The van der Waals surface area contributed by atoms with Crippen LogP contribution in [0.1, 0.15) is 32.8 Å². The molecule has 2 heterocycles. The minimum absolute atomic E-state index is 0.0948. The van der Waals surface area contributed by atoms with Gasteiger partial charge in [0.15, 0.2) is 0 Å². The molecule has 2 fully saturated rings. The lowest BCUT2D eigenvalue weighted by molar-refractivity contribution is -0.0147. The Bertz CT molecular complexity index is 612. The highest BCUT2D eigenvalue weighted by molar-refractivity contribution is 5.68. The number of halogens is 1. The number of piperazine rings is 1. The predicted octanol–water partition coefficient (Wildman–Crippen LogP) is 3.15. The summed E-state index contributed by atoms with van der Waals surface area (Å²) in [6.45, 7) is 10.8. The van der Waals surface area contributed by atoms with Gasteiger partial charge in [0.25, 0.3) is 0 Å². The van der Waals surface area contributed by atoms with E-state index in [2.05, 4.69) is 34.1 Å². The summed E-state index contributed by atoms with van der Waals surface area (Å²) in [6.07, 6.45) is -0.762. The van der Waals surface area contributed by atoms with Crippen LogP contribution in [0.4, 0.5) is 9.18 Å². The fourth-order valence-corrected chi connectivity index (χ4v) is 3.89. The van der Waals surface area contributed by atoms with Gasteiger partial charge in [-0.25, -0.2) is 9.18 Å². The van der Waals surface area contributed by atoms with E-state index in [0.717, 1.165) is 32.7 Å². The van der Waals surface area contributed by atoms with E-state index in [9.17, 15) is 9.18 Å². The van der Waals surface area contributed by atoms with E-state index in [-0.39, 0.29) is 12.6 Å². The zero-order valence-electron chi connectivity index (χ0n) is 16.7. The van der Waals surface area contributed by atoms with E-state index in [0.29, 0.717) is 13.0 Å². The third kappa shape index (κ3) is 5.66. The fraction of sp³-hybridized carbons (Fsp3) is 0.667. The molecular formula is C21H32FN3O2. The molecule has 5 nitrogen and oxygen atoms in total. The van der Waals surface area contributed by atoms with Gasteiger partial charge in [0.2, 0.25) is 0 Å². The van der Waals surface area contributed by atoms with Gasteiger partial charge in [0, 0.05) is 45.3 Å². The van der Waals surface area contributed by atoms with Gasteiger partial charge in [-0.05, 0) is 32.8 Å². The normalized spacial score (nSPS) is 25.4. The molecule has 2 atom stereocenters. The number of carbonyl (C=O) groups excluding carboxylic acids is 1. The summed E-state index contributed by atoms with van der Waals surface area (Å²) in [7, 11) is 0. The van der Waals surface area contributed by atoms with Gasteiger partial charge in [-0.2, -0.15) is 0 Å². The zero-order chi connectivity index (χ0) is 19.4. The quantitative estimate of drug-likeness (QED) is 0.811. The van der Waals surface area contributed by atoms with Crippen molar-refractivity contribution in [3.63, 3.8) is 0 Å². The van der Waals surface area contributed by atoms with E-state index < -0.39 is 17.9 Å². The molecule has 150 valence electrons. The third-order valence-corrected chi connectivity index (χ3v) is 5.28. The molecule has 0 aliphatic carbocycles. The monoisotopic (exact) mass is 377 g/mol. The summed E-state index contributed by atoms with van der Waals surface area (Å²) in [6, 6.07) is 10.4. The average Bonchev–Trinajstić information content (AvgIpc) is 2.62. The molecule has 0 unspecified atom stereocenters. The molecule has 2 aliphatic heterocycles. The van der Waals surface area contributed by atoms with Crippen molar-refractivity contribution < 1.29 is 13.9 Å². The third-order valence-electron chi connectivity index (χ3n) is 5.28. The average molecular weight is 378 g/mol. The van der Waals surface area contributed by atoms with Crippen LogP contribution in [0.25, 0.3) is 0 Å². The Morgan fingerprint density at radius 3 is 2.37 bits per heavy atom. The van der Waals surface area contributed by atoms with Gasteiger partial charge < -0.3 is 9.64 Å². The van der Waals surface area contributed by atoms with Crippen molar-refractivity contribution in [3.8, 4) is 0 Å². The first-order valence-electron chi connectivity index (χ1n) is 9.94. The van der Waals surface area contributed by atoms with Crippen LogP contribution in [-0.4, -0.2) is 77.9 Å². The zero-order valence-corrected chi connectivity index (χ0v) is 16.7. The topological polar surface area (TPSA) is 36.0 Å². The molecule has 0 saturated carbocycles. The second-order valence-corrected chi connectivity index (χ2v) is 8.60. The minimum atomic E-state index is -1.02. The molecule has 1 aromatic carbocycles. The summed E-state index contributed by atoms with van der Waals surface area (Å²) in [5, 5.41) is 0. The van der Waals surface area contributed by atoms with Gasteiger partial charge in [0.1, 0.15) is 11.8 Å². The van der Waals surface area contributed by atoms with Gasteiger partial charge in [-0.15, -0.1) is 0 Å². The first-order valence-corrected chi connectivity index (χ1v) is 9.94. The molecule has 0 N–H and O–H groups in total. The number of benzene rings is 1. The van der Waals surface area contributed by atoms with Crippen molar-refractivity contribution in [1.29, 1.82) is 0 Å². The lowest BCUT2D eigenvalue weighted by atomic mass is 10.0. The first-order chi connectivity index (χ1) is 12.8. The lowest BCUT2D eigenvalue weighted by Crippen LogP contribution is -2.58. The molecule has 2 aliphatic rings. The van der Waals surface area contributed by atoms with Gasteiger partial charge in [-0.1, -0.05) is 30.3 Å². The van der Waals surface area contributed by atoms with Crippen LogP contribution in [0.2, 0.25) is 0 Å². The Balaban J connectivity index is 1.46. The van der Waals surface area contributed by atoms with Crippen LogP contribution in [0.3, 0.4) is 0 Å². The van der Waals surface area contributed by atoms with Crippen LogP contribution in [0.15, 0.2) is 30.3 Å². The molecule has 27 heavy (non-hydrogen) atoms. The van der Waals surface area contributed by atoms with Crippen molar-refractivity contribution in [3.05, 3.63) is 35.9 Å². The fourth-order valence-electron chi connectivity index (χ4n) is 3.89. The summed E-state index contributed by atoms with van der Waals surface area (Å²) in [5.41, 5.74) is 0.773. The number of amides is 1. The maximum Gasteiger partial charge on any atom is 0.410 e. The van der Waals surface area contributed by atoms with E-state index in [1.807, 2.05) is 26.8 Å². The standard InChI is InChI=1S/C21H32FN3O2/c1-21(2,3)27-20(26)25-10-9-19(18(22)16-25)24-13-11-23(12-14-24)15-17-7-5-4-6-8-17/h4-8,18-19H,9-16H2,1-3H3/t18-,19+/m1/s1. The highest BCUT2D eigenvalue weighted by Gasteiger charge is 2.37. The Labute approximate surface area is 162 Å². The van der Waals surface area contributed by atoms with Crippen molar-refractivity contribution in [2.45, 2.75) is 51.6 Å².